The zero-order valence-corrected chi connectivity index (χ0v) is 24.0. The zero-order valence-electron chi connectivity index (χ0n) is 24.0. The number of para-hydroxylation sites is 1. The Morgan fingerprint density at radius 2 is 1.11 bits per heavy atom. The number of amides is 2. The summed E-state index contributed by atoms with van der Waals surface area (Å²) in [5.41, 5.74) is 3.58. The predicted octanol–water partition coefficient (Wildman–Crippen LogP) is 6.78. The van der Waals surface area contributed by atoms with Gasteiger partial charge in [0.05, 0.1) is 24.4 Å². The summed E-state index contributed by atoms with van der Waals surface area (Å²) >= 11 is 0. The zero-order chi connectivity index (χ0) is 29.6. The lowest BCUT2D eigenvalue weighted by atomic mass is 9.43. The number of ether oxygens (including phenoxy) is 1. The fourth-order valence-electron chi connectivity index (χ4n) is 8.63. The van der Waals surface area contributed by atoms with Gasteiger partial charge in [-0.1, -0.05) is 97.1 Å². The maximum atomic E-state index is 15.6. The van der Waals surface area contributed by atoms with E-state index >= 15 is 9.59 Å². The van der Waals surface area contributed by atoms with Gasteiger partial charge in [-0.3, -0.25) is 14.4 Å². The van der Waals surface area contributed by atoms with Crippen LogP contribution >= 0.6 is 0 Å². The number of hydrogen-bond acceptors (Lipinski definition) is 5. The third kappa shape index (κ3) is 2.84. The van der Waals surface area contributed by atoms with Gasteiger partial charge in [-0.15, -0.1) is 0 Å². The average Bonchev–Trinajstić information content (AvgIpc) is 3.53. The minimum atomic E-state index is -1.53. The molecule has 6 nitrogen and oxygen atoms in total. The molecule has 0 aromatic heterocycles. The number of rotatable bonds is 4. The van der Waals surface area contributed by atoms with Crippen LogP contribution in [0, 0.1) is 5.41 Å². The smallest absolute Gasteiger partial charge is 0.271 e. The van der Waals surface area contributed by atoms with Gasteiger partial charge in [0, 0.05) is 5.92 Å². The number of imide groups is 1. The first-order valence-electron chi connectivity index (χ1n) is 14.9. The molecule has 2 amide bonds. The molecule has 5 aliphatic rings. The van der Waals surface area contributed by atoms with Crippen molar-refractivity contribution in [3.8, 4) is 5.75 Å². The van der Waals surface area contributed by atoms with Crippen molar-refractivity contribution < 1.29 is 19.2 Å². The van der Waals surface area contributed by atoms with E-state index < -0.39 is 28.9 Å². The van der Waals surface area contributed by atoms with Crippen LogP contribution in [0.15, 0.2) is 133 Å². The van der Waals surface area contributed by atoms with Gasteiger partial charge < -0.3 is 4.74 Å². The fraction of sp³-hybridized carbons (Fsp3) is 0.158. The first kappa shape index (κ1) is 25.3. The molecule has 2 fully saturated rings. The molecule has 3 atom stereocenters. The van der Waals surface area contributed by atoms with Crippen LogP contribution in [0.5, 0.6) is 5.75 Å². The average molecular weight is 577 g/mol. The van der Waals surface area contributed by atoms with Gasteiger partial charge in [0.2, 0.25) is 11.5 Å². The molecule has 2 saturated heterocycles. The first-order valence-corrected chi connectivity index (χ1v) is 14.9. The normalized spacial score (nSPS) is 27.5. The highest BCUT2D eigenvalue weighted by Crippen LogP contribution is 2.77. The lowest BCUT2D eigenvalue weighted by Crippen LogP contribution is -2.63. The Morgan fingerprint density at radius 1 is 0.591 bits per heavy atom. The van der Waals surface area contributed by atoms with Crippen LogP contribution < -0.4 is 14.7 Å². The number of benzene rings is 5. The van der Waals surface area contributed by atoms with Crippen molar-refractivity contribution in [1.29, 1.82) is 0 Å². The van der Waals surface area contributed by atoms with Gasteiger partial charge in [0.25, 0.3) is 5.91 Å². The van der Waals surface area contributed by atoms with Crippen molar-refractivity contribution in [2.75, 3.05) is 17.1 Å². The monoisotopic (exact) mass is 576 g/mol. The lowest BCUT2D eigenvalue weighted by Gasteiger charge is -2.55. The van der Waals surface area contributed by atoms with Crippen LogP contribution in [0.2, 0.25) is 0 Å². The van der Waals surface area contributed by atoms with Crippen molar-refractivity contribution >= 4 is 23.2 Å². The van der Waals surface area contributed by atoms with E-state index in [1.165, 1.54) is 4.90 Å². The third-order valence-electron chi connectivity index (χ3n) is 10.2. The van der Waals surface area contributed by atoms with Gasteiger partial charge in [0.15, 0.2) is 0 Å². The molecular weight excluding hydrogens is 548 g/mol. The van der Waals surface area contributed by atoms with Crippen LogP contribution in [0.3, 0.4) is 0 Å². The number of methoxy groups -OCH3 is 1. The molecule has 5 aromatic rings. The van der Waals surface area contributed by atoms with Crippen molar-refractivity contribution in [2.24, 2.45) is 5.41 Å². The minimum absolute atomic E-state index is 0.251. The molecule has 0 saturated carbocycles. The molecule has 5 aromatic carbocycles. The Hall–Kier alpha value is -5.20. The van der Waals surface area contributed by atoms with Gasteiger partial charge >= 0.3 is 0 Å². The van der Waals surface area contributed by atoms with Crippen molar-refractivity contribution in [2.45, 2.75) is 23.5 Å². The highest BCUT2D eigenvalue weighted by Gasteiger charge is 2.87. The van der Waals surface area contributed by atoms with Crippen molar-refractivity contribution in [3.05, 3.63) is 161 Å². The first-order chi connectivity index (χ1) is 21.6. The number of carbonyl (C=O) groups is 2. The Morgan fingerprint density at radius 3 is 1.68 bits per heavy atom. The maximum Gasteiger partial charge on any atom is 0.271 e. The summed E-state index contributed by atoms with van der Waals surface area (Å²) in [5, 5.41) is 1.86. The molecule has 2 heterocycles. The van der Waals surface area contributed by atoms with Gasteiger partial charge in [0.1, 0.15) is 17.2 Å². The van der Waals surface area contributed by atoms with E-state index in [0.29, 0.717) is 11.4 Å². The Kier molecular flexibility index (Phi) is 5.13. The molecule has 2 aliphatic heterocycles. The Labute approximate surface area is 255 Å². The van der Waals surface area contributed by atoms with E-state index in [2.05, 4.69) is 24.3 Å². The van der Waals surface area contributed by atoms with Crippen LogP contribution in [0.4, 0.5) is 11.4 Å². The summed E-state index contributed by atoms with van der Waals surface area (Å²) < 4.78 is 5.40. The molecule has 0 N–H and O–H groups in total. The van der Waals surface area contributed by atoms with E-state index in [1.807, 2.05) is 90.0 Å². The third-order valence-corrected chi connectivity index (χ3v) is 10.2. The van der Waals surface area contributed by atoms with E-state index in [1.54, 1.807) is 31.4 Å². The minimum Gasteiger partial charge on any atom is -0.497 e. The van der Waals surface area contributed by atoms with E-state index in [-0.39, 0.29) is 11.8 Å². The lowest BCUT2D eigenvalue weighted by molar-refractivity contribution is -0.153. The second kappa shape index (κ2) is 8.91. The molecular formula is C38H28N2O4. The maximum absolute atomic E-state index is 15.6. The number of carbonyl (C=O) groups excluding carboxylic acids is 2. The molecule has 0 spiro atoms. The quantitative estimate of drug-likeness (QED) is 0.221. The molecule has 0 radical (unpaired) electrons. The van der Waals surface area contributed by atoms with Crippen molar-refractivity contribution in [3.63, 3.8) is 0 Å². The van der Waals surface area contributed by atoms with Gasteiger partial charge in [-0.05, 0) is 64.2 Å². The topological polar surface area (TPSA) is 59.1 Å². The molecule has 6 heteroatoms. The highest BCUT2D eigenvalue weighted by molar-refractivity contribution is 6.29. The van der Waals surface area contributed by atoms with Crippen LogP contribution in [-0.2, 0) is 14.4 Å². The summed E-state index contributed by atoms with van der Waals surface area (Å²) in [4.78, 5) is 39.7. The van der Waals surface area contributed by atoms with Gasteiger partial charge in [-0.25, -0.2) is 9.96 Å². The summed E-state index contributed by atoms with van der Waals surface area (Å²) in [6.45, 7) is 0. The molecule has 2 bridgehead atoms. The highest BCUT2D eigenvalue weighted by atomic mass is 16.7. The molecule has 3 unspecified atom stereocenters. The largest absolute Gasteiger partial charge is 0.497 e. The second-order valence-electron chi connectivity index (χ2n) is 11.9. The fourth-order valence-corrected chi connectivity index (χ4v) is 8.63. The van der Waals surface area contributed by atoms with Crippen LogP contribution in [-0.4, -0.2) is 24.5 Å². The number of anilines is 2. The number of nitrogens with zero attached hydrogens (tertiary/aromatic N) is 2. The number of hydrogen-bond donors (Lipinski definition) is 0. The van der Waals surface area contributed by atoms with Crippen molar-refractivity contribution in [1.82, 2.24) is 0 Å². The van der Waals surface area contributed by atoms with E-state index in [4.69, 9.17) is 9.57 Å². The summed E-state index contributed by atoms with van der Waals surface area (Å²) in [6, 6.07) is 43.0. The Bertz CT molecular complexity index is 1910. The molecule has 214 valence electrons. The molecule has 10 rings (SSSR count). The number of hydroxylamine groups is 1. The predicted molar refractivity (Wildman–Crippen MR) is 166 cm³/mol. The van der Waals surface area contributed by atoms with E-state index in [0.717, 1.165) is 33.5 Å². The second-order valence-corrected chi connectivity index (χ2v) is 11.9. The van der Waals surface area contributed by atoms with Gasteiger partial charge in [-0.2, -0.15) is 0 Å². The summed E-state index contributed by atoms with van der Waals surface area (Å²) in [7, 11) is 1.60. The Balaban J connectivity index is 1.41. The van der Waals surface area contributed by atoms with E-state index in [9.17, 15) is 0 Å². The molecule has 44 heavy (non-hydrogen) atoms. The van der Waals surface area contributed by atoms with Crippen LogP contribution in [0.25, 0.3) is 0 Å². The van der Waals surface area contributed by atoms with Crippen LogP contribution in [0.1, 0.15) is 45.7 Å². The summed E-state index contributed by atoms with van der Waals surface area (Å²) in [6.07, 6.45) is 0. The summed E-state index contributed by atoms with van der Waals surface area (Å²) in [5.74, 6) is -0.877. The standard InChI is InChI=1S/C38H28N2O4/c1-43-27-22-20-25(21-23-27)39-35(41)37-32-28-16-8-10-18-30(28)33(31-19-11-9-17-29(31)32)38(37,36(39)42)44-40(26-14-6-3-7-15-26)34(37)24-12-4-2-5-13-24/h2-23,32-34H,1H3. The molecule has 3 aliphatic carbocycles. The SMILES string of the molecule is COc1ccc(N2C(=O)C34ON(c5ccccc5)C(c5ccccc5)C3(C2=O)C2c3ccccc3C4c3ccccc32)cc1.